The number of pyridine rings is 1. The van der Waals surface area contributed by atoms with Crippen LogP contribution in [0.1, 0.15) is 23.2 Å². The Labute approximate surface area is 100 Å². The van der Waals surface area contributed by atoms with Gasteiger partial charge in [0.2, 0.25) is 0 Å². The molecule has 0 aliphatic carbocycles. The Morgan fingerprint density at radius 3 is 3.18 bits per heavy atom. The molecule has 0 aromatic carbocycles. The molecule has 5 heteroatoms. The molecule has 1 unspecified atom stereocenters. The molecule has 1 atom stereocenters. The number of piperidine rings is 1. The third-order valence-electron chi connectivity index (χ3n) is 3.13. The second-order valence-electron chi connectivity index (χ2n) is 4.38. The highest BCUT2D eigenvalue weighted by Gasteiger charge is 2.23. The van der Waals surface area contributed by atoms with E-state index in [1.165, 1.54) is 0 Å². The number of carbonyl (C=O) groups excluding carboxylic acids is 1. The predicted molar refractivity (Wildman–Crippen MR) is 64.8 cm³/mol. The molecule has 0 spiro atoms. The number of rotatable bonds is 3. The van der Waals surface area contributed by atoms with E-state index in [2.05, 4.69) is 4.98 Å². The summed E-state index contributed by atoms with van der Waals surface area (Å²) >= 11 is 0. The molecule has 0 bridgehead atoms. The average molecular weight is 235 g/mol. The fraction of sp³-hybridized carbons (Fsp3) is 0.500. The number of aromatic nitrogens is 1. The van der Waals surface area contributed by atoms with Gasteiger partial charge in [-0.2, -0.15) is 0 Å². The van der Waals surface area contributed by atoms with Crippen LogP contribution in [0.4, 0.5) is 5.82 Å². The van der Waals surface area contributed by atoms with E-state index in [1.807, 2.05) is 4.90 Å². The largest absolute Gasteiger partial charge is 0.396 e. The van der Waals surface area contributed by atoms with Gasteiger partial charge in [0.15, 0.2) is 0 Å². The lowest BCUT2D eigenvalue weighted by Gasteiger charge is -2.33. The molecule has 1 fully saturated rings. The van der Waals surface area contributed by atoms with E-state index in [1.54, 1.807) is 18.3 Å². The number of hydrogen-bond acceptors (Lipinski definition) is 4. The molecular formula is C12H17N3O2. The second-order valence-corrected chi connectivity index (χ2v) is 4.38. The van der Waals surface area contributed by atoms with Gasteiger partial charge in [-0.3, -0.25) is 4.79 Å². The summed E-state index contributed by atoms with van der Waals surface area (Å²) in [5.41, 5.74) is 5.78. The first-order valence-corrected chi connectivity index (χ1v) is 5.83. The number of hydrogen-bond donors (Lipinski definition) is 2. The minimum absolute atomic E-state index is 0.176. The van der Waals surface area contributed by atoms with Crippen molar-refractivity contribution in [3.63, 3.8) is 0 Å². The first-order valence-electron chi connectivity index (χ1n) is 5.83. The van der Waals surface area contributed by atoms with E-state index in [0.29, 0.717) is 11.4 Å². The topological polar surface area (TPSA) is 79.5 Å². The van der Waals surface area contributed by atoms with Gasteiger partial charge in [0.1, 0.15) is 5.82 Å². The van der Waals surface area contributed by atoms with Crippen LogP contribution in [0.2, 0.25) is 0 Å². The number of nitrogens with two attached hydrogens (primary N) is 1. The van der Waals surface area contributed by atoms with Gasteiger partial charge < -0.3 is 15.7 Å². The van der Waals surface area contributed by atoms with E-state index in [0.717, 1.165) is 25.9 Å². The Hall–Kier alpha value is -1.62. The Kier molecular flexibility index (Phi) is 3.58. The van der Waals surface area contributed by atoms with Gasteiger partial charge >= 0.3 is 0 Å². The van der Waals surface area contributed by atoms with Gasteiger partial charge in [0, 0.05) is 25.9 Å². The molecule has 2 heterocycles. The zero-order valence-electron chi connectivity index (χ0n) is 9.67. The van der Waals surface area contributed by atoms with Gasteiger partial charge in [0.25, 0.3) is 5.91 Å². The molecule has 0 saturated carbocycles. The lowest BCUT2D eigenvalue weighted by atomic mass is 9.98. The molecule has 1 saturated heterocycles. The minimum Gasteiger partial charge on any atom is -0.396 e. The van der Waals surface area contributed by atoms with Gasteiger partial charge in [-0.1, -0.05) is 0 Å². The van der Waals surface area contributed by atoms with Gasteiger partial charge in [-0.25, -0.2) is 4.98 Å². The van der Waals surface area contributed by atoms with Gasteiger partial charge in [0.05, 0.1) is 5.56 Å². The second kappa shape index (κ2) is 5.14. The summed E-state index contributed by atoms with van der Waals surface area (Å²) < 4.78 is 0. The Balaban J connectivity index is 2.24. The van der Waals surface area contributed by atoms with E-state index < -0.39 is 5.91 Å². The van der Waals surface area contributed by atoms with Crippen molar-refractivity contribution in [2.75, 3.05) is 24.6 Å². The zero-order valence-corrected chi connectivity index (χ0v) is 9.67. The minimum atomic E-state index is -0.459. The number of primary amides is 1. The summed E-state index contributed by atoms with van der Waals surface area (Å²) in [6, 6.07) is 3.39. The maximum absolute atomic E-state index is 11.3. The highest BCUT2D eigenvalue weighted by Crippen LogP contribution is 2.23. The lowest BCUT2D eigenvalue weighted by Crippen LogP contribution is -2.38. The fourth-order valence-electron chi connectivity index (χ4n) is 2.25. The van der Waals surface area contributed by atoms with Crippen LogP contribution in [-0.4, -0.2) is 35.7 Å². The van der Waals surface area contributed by atoms with E-state index in [4.69, 9.17) is 5.73 Å². The molecule has 3 N–H and O–H groups in total. The monoisotopic (exact) mass is 235 g/mol. The van der Waals surface area contributed by atoms with Crippen LogP contribution >= 0.6 is 0 Å². The summed E-state index contributed by atoms with van der Waals surface area (Å²) in [6.45, 7) is 1.76. The summed E-state index contributed by atoms with van der Waals surface area (Å²) in [5.74, 6) is 0.434. The number of nitrogens with zero attached hydrogens (tertiary/aromatic N) is 2. The SMILES string of the molecule is NC(=O)c1cccnc1N1CCCC(CO)C1. The smallest absolute Gasteiger partial charge is 0.252 e. The first-order chi connectivity index (χ1) is 8.22. The molecule has 1 aliphatic heterocycles. The molecular weight excluding hydrogens is 218 g/mol. The summed E-state index contributed by atoms with van der Waals surface area (Å²) in [6.07, 6.45) is 3.68. The van der Waals surface area contributed by atoms with Crippen LogP contribution in [0.15, 0.2) is 18.3 Å². The molecule has 1 aliphatic rings. The molecule has 92 valence electrons. The molecule has 1 aromatic rings. The van der Waals surface area contributed by atoms with Crippen LogP contribution in [0.5, 0.6) is 0 Å². The summed E-state index contributed by atoms with van der Waals surface area (Å²) in [4.78, 5) is 17.6. The number of anilines is 1. The third-order valence-corrected chi connectivity index (χ3v) is 3.13. The molecule has 1 amide bonds. The van der Waals surface area contributed by atoms with E-state index >= 15 is 0 Å². The quantitative estimate of drug-likeness (QED) is 0.794. The van der Waals surface area contributed by atoms with E-state index in [-0.39, 0.29) is 12.5 Å². The van der Waals surface area contributed by atoms with Crippen LogP contribution in [0.3, 0.4) is 0 Å². The van der Waals surface area contributed by atoms with Crippen LogP contribution in [0, 0.1) is 5.92 Å². The van der Waals surface area contributed by atoms with Crippen molar-refractivity contribution in [3.8, 4) is 0 Å². The normalized spacial score (nSPS) is 20.3. The summed E-state index contributed by atoms with van der Waals surface area (Å²) in [5, 5.41) is 9.20. The standard InChI is InChI=1S/C12H17N3O2/c13-11(17)10-4-1-5-14-12(10)15-6-2-3-9(7-15)8-16/h1,4-5,9,16H,2-3,6-8H2,(H2,13,17). The number of aliphatic hydroxyl groups excluding tert-OH is 1. The molecule has 5 nitrogen and oxygen atoms in total. The third kappa shape index (κ3) is 2.55. The van der Waals surface area contributed by atoms with Crippen molar-refractivity contribution in [1.82, 2.24) is 4.98 Å². The van der Waals surface area contributed by atoms with Crippen molar-refractivity contribution < 1.29 is 9.90 Å². The highest BCUT2D eigenvalue weighted by atomic mass is 16.3. The van der Waals surface area contributed by atoms with Crippen LogP contribution in [-0.2, 0) is 0 Å². The highest BCUT2D eigenvalue weighted by molar-refractivity contribution is 5.97. The predicted octanol–water partition coefficient (Wildman–Crippen LogP) is 0.389. The van der Waals surface area contributed by atoms with Crippen molar-refractivity contribution in [1.29, 1.82) is 0 Å². The summed E-state index contributed by atoms with van der Waals surface area (Å²) in [7, 11) is 0. The first kappa shape index (κ1) is 11.9. The Bertz CT molecular complexity index is 408. The van der Waals surface area contributed by atoms with Crippen molar-refractivity contribution >= 4 is 11.7 Å². The van der Waals surface area contributed by atoms with Crippen LogP contribution in [0.25, 0.3) is 0 Å². The molecule has 2 rings (SSSR count). The number of carbonyl (C=O) groups is 1. The molecule has 0 radical (unpaired) electrons. The average Bonchev–Trinajstić information content (AvgIpc) is 2.39. The lowest BCUT2D eigenvalue weighted by molar-refractivity contribution is 0.100. The van der Waals surface area contributed by atoms with Crippen molar-refractivity contribution in [2.24, 2.45) is 11.7 Å². The fourth-order valence-corrected chi connectivity index (χ4v) is 2.25. The van der Waals surface area contributed by atoms with Gasteiger partial charge in [-0.15, -0.1) is 0 Å². The molecule has 17 heavy (non-hydrogen) atoms. The molecule has 1 aromatic heterocycles. The maximum atomic E-state index is 11.3. The number of amides is 1. The zero-order chi connectivity index (χ0) is 12.3. The van der Waals surface area contributed by atoms with Crippen molar-refractivity contribution in [3.05, 3.63) is 23.9 Å². The van der Waals surface area contributed by atoms with Gasteiger partial charge in [-0.05, 0) is 30.9 Å². The maximum Gasteiger partial charge on any atom is 0.252 e. The van der Waals surface area contributed by atoms with Crippen LogP contribution < -0.4 is 10.6 Å². The van der Waals surface area contributed by atoms with Crippen molar-refractivity contribution in [2.45, 2.75) is 12.8 Å². The Morgan fingerprint density at radius 1 is 1.65 bits per heavy atom. The Morgan fingerprint density at radius 2 is 2.47 bits per heavy atom. The number of aliphatic hydroxyl groups is 1. The van der Waals surface area contributed by atoms with E-state index in [9.17, 15) is 9.90 Å².